The van der Waals surface area contributed by atoms with Crippen molar-refractivity contribution in [2.45, 2.75) is 6.92 Å². The van der Waals surface area contributed by atoms with Crippen LogP contribution in [0, 0.1) is 0 Å². The number of amides is 1. The average Bonchev–Trinajstić information content (AvgIpc) is 3.25. The van der Waals surface area contributed by atoms with Crippen molar-refractivity contribution in [2.24, 2.45) is 0 Å². The van der Waals surface area contributed by atoms with Crippen LogP contribution in [0.25, 0.3) is 22.8 Å². The topological polar surface area (TPSA) is 90.1 Å². The maximum Gasteiger partial charge on any atom is 0.262 e. The van der Waals surface area contributed by atoms with Gasteiger partial charge in [0.25, 0.3) is 11.8 Å². The van der Waals surface area contributed by atoms with Crippen molar-refractivity contribution in [3.63, 3.8) is 0 Å². The fraction of sp³-hybridized carbons (Fsp3) is 0.0909. The minimum atomic E-state index is -0.200. The molecule has 144 valence electrons. The van der Waals surface area contributed by atoms with E-state index in [0.29, 0.717) is 35.3 Å². The molecule has 0 fully saturated rings. The third-order valence-corrected chi connectivity index (χ3v) is 4.19. The number of ether oxygens (including phenoxy) is 1. The van der Waals surface area contributed by atoms with Crippen molar-refractivity contribution >= 4 is 11.6 Å². The quantitative estimate of drug-likeness (QED) is 0.526. The Morgan fingerprint density at radius 1 is 1.03 bits per heavy atom. The molecule has 29 heavy (non-hydrogen) atoms. The van der Waals surface area contributed by atoms with Gasteiger partial charge >= 0.3 is 0 Å². The van der Waals surface area contributed by atoms with Gasteiger partial charge in [-0.3, -0.25) is 9.78 Å². The zero-order valence-electron chi connectivity index (χ0n) is 15.7. The van der Waals surface area contributed by atoms with E-state index in [-0.39, 0.29) is 5.91 Å². The first kappa shape index (κ1) is 18.4. The summed E-state index contributed by atoms with van der Waals surface area (Å²) in [5.74, 6) is 1.34. The first-order chi connectivity index (χ1) is 14.2. The van der Waals surface area contributed by atoms with Crippen molar-refractivity contribution < 1.29 is 14.1 Å². The lowest BCUT2D eigenvalue weighted by atomic mass is 10.1. The lowest BCUT2D eigenvalue weighted by molar-refractivity contribution is 0.102. The number of carbonyl (C=O) groups excluding carboxylic acids is 1. The summed E-state index contributed by atoms with van der Waals surface area (Å²) in [5.41, 5.74) is 2.73. The number of para-hydroxylation sites is 1. The van der Waals surface area contributed by atoms with Gasteiger partial charge in [-0.2, -0.15) is 4.98 Å². The minimum Gasteiger partial charge on any atom is -0.493 e. The highest BCUT2D eigenvalue weighted by atomic mass is 16.5. The summed E-state index contributed by atoms with van der Waals surface area (Å²) in [6, 6.07) is 18.1. The summed E-state index contributed by atoms with van der Waals surface area (Å²) < 4.78 is 11.1. The van der Waals surface area contributed by atoms with Crippen LogP contribution in [0.1, 0.15) is 17.3 Å². The van der Waals surface area contributed by atoms with Crippen molar-refractivity contribution in [3.8, 4) is 28.6 Å². The number of aromatic nitrogens is 3. The molecule has 1 amide bonds. The Morgan fingerprint density at radius 2 is 1.79 bits per heavy atom. The predicted octanol–water partition coefficient (Wildman–Crippen LogP) is 4.45. The second-order valence-corrected chi connectivity index (χ2v) is 6.12. The largest absolute Gasteiger partial charge is 0.493 e. The standard InChI is InChI=1S/C22H18N4O3/c1-2-28-19-6-4-3-5-18(19)22-25-20(26-29-22)15-7-9-17(10-8-15)24-21(27)16-11-13-23-14-12-16/h3-14H,2H2,1H3,(H,24,27). The van der Waals surface area contributed by atoms with Crippen molar-refractivity contribution in [1.29, 1.82) is 0 Å². The number of nitrogens with zero attached hydrogens (tertiary/aromatic N) is 3. The predicted molar refractivity (Wildman–Crippen MR) is 109 cm³/mol. The van der Waals surface area contributed by atoms with Crippen molar-refractivity contribution in [1.82, 2.24) is 15.1 Å². The number of pyridine rings is 1. The molecule has 0 unspecified atom stereocenters. The maximum absolute atomic E-state index is 12.2. The van der Waals surface area contributed by atoms with Crippen LogP contribution in [-0.4, -0.2) is 27.6 Å². The van der Waals surface area contributed by atoms with Gasteiger partial charge in [-0.25, -0.2) is 0 Å². The molecule has 0 aliphatic carbocycles. The molecule has 0 radical (unpaired) electrons. The summed E-state index contributed by atoms with van der Waals surface area (Å²) in [6.07, 6.45) is 3.16. The first-order valence-electron chi connectivity index (χ1n) is 9.12. The SMILES string of the molecule is CCOc1ccccc1-c1nc(-c2ccc(NC(=O)c3ccncc3)cc2)no1. The minimum absolute atomic E-state index is 0.200. The molecule has 0 atom stereocenters. The maximum atomic E-state index is 12.2. The third-order valence-electron chi connectivity index (χ3n) is 4.19. The molecule has 0 saturated carbocycles. The van der Waals surface area contributed by atoms with Gasteiger partial charge < -0.3 is 14.6 Å². The van der Waals surface area contributed by atoms with Gasteiger partial charge in [0.2, 0.25) is 5.82 Å². The first-order valence-corrected chi connectivity index (χ1v) is 9.12. The lowest BCUT2D eigenvalue weighted by Crippen LogP contribution is -2.11. The van der Waals surface area contributed by atoms with Gasteiger partial charge in [-0.05, 0) is 55.5 Å². The lowest BCUT2D eigenvalue weighted by Gasteiger charge is -2.06. The monoisotopic (exact) mass is 386 g/mol. The third kappa shape index (κ3) is 4.14. The molecule has 0 spiro atoms. The van der Waals surface area contributed by atoms with Crippen LogP contribution in [0.2, 0.25) is 0 Å². The molecule has 4 rings (SSSR count). The summed E-state index contributed by atoms with van der Waals surface area (Å²) in [4.78, 5) is 20.6. The molecule has 4 aromatic rings. The number of hydrogen-bond donors (Lipinski definition) is 1. The van der Waals surface area contributed by atoms with Gasteiger partial charge in [0, 0.05) is 29.2 Å². The zero-order chi connectivity index (χ0) is 20.1. The number of rotatable bonds is 6. The number of nitrogens with one attached hydrogen (secondary N) is 1. The van der Waals surface area contributed by atoms with Crippen LogP contribution in [-0.2, 0) is 0 Å². The molecule has 2 aromatic carbocycles. The van der Waals surface area contributed by atoms with Crippen molar-refractivity contribution in [3.05, 3.63) is 78.6 Å². The van der Waals surface area contributed by atoms with Crippen LogP contribution < -0.4 is 10.1 Å². The number of anilines is 1. The molecule has 2 aromatic heterocycles. The van der Waals surface area contributed by atoms with Crippen LogP contribution in [0.15, 0.2) is 77.6 Å². The average molecular weight is 386 g/mol. The van der Waals surface area contributed by atoms with Crippen LogP contribution in [0.4, 0.5) is 5.69 Å². The van der Waals surface area contributed by atoms with E-state index in [9.17, 15) is 4.79 Å². The Balaban J connectivity index is 1.51. The van der Waals surface area contributed by atoms with Crippen LogP contribution >= 0.6 is 0 Å². The Kier molecular flexibility index (Phi) is 5.29. The smallest absolute Gasteiger partial charge is 0.262 e. The van der Waals surface area contributed by atoms with E-state index in [4.69, 9.17) is 9.26 Å². The molecule has 2 heterocycles. The number of carbonyl (C=O) groups is 1. The number of hydrogen-bond acceptors (Lipinski definition) is 6. The van der Waals surface area contributed by atoms with Gasteiger partial charge in [0.15, 0.2) is 0 Å². The molecule has 0 bridgehead atoms. The van der Waals surface area contributed by atoms with Crippen LogP contribution in [0.3, 0.4) is 0 Å². The second-order valence-electron chi connectivity index (χ2n) is 6.12. The molecule has 7 heteroatoms. The van der Waals surface area contributed by atoms with E-state index < -0.39 is 0 Å². The second kappa shape index (κ2) is 8.35. The summed E-state index contributed by atoms with van der Waals surface area (Å²) in [5, 5.41) is 6.91. The van der Waals surface area contributed by atoms with E-state index in [1.54, 1.807) is 36.7 Å². The van der Waals surface area contributed by atoms with Gasteiger partial charge in [-0.1, -0.05) is 17.3 Å². The fourth-order valence-corrected chi connectivity index (χ4v) is 2.78. The van der Waals surface area contributed by atoms with E-state index in [1.165, 1.54) is 0 Å². The van der Waals surface area contributed by atoms with E-state index in [2.05, 4.69) is 20.4 Å². The van der Waals surface area contributed by atoms with Crippen LogP contribution in [0.5, 0.6) is 5.75 Å². The molecule has 0 aliphatic heterocycles. The molecule has 0 saturated heterocycles. The Hall–Kier alpha value is -4.00. The fourth-order valence-electron chi connectivity index (χ4n) is 2.78. The Labute approximate surface area is 167 Å². The molecular formula is C22H18N4O3. The van der Waals surface area contributed by atoms with E-state index in [0.717, 1.165) is 11.1 Å². The molecule has 7 nitrogen and oxygen atoms in total. The molecule has 1 N–H and O–H groups in total. The summed E-state index contributed by atoms with van der Waals surface area (Å²) in [6.45, 7) is 2.47. The molecule has 0 aliphatic rings. The highest BCUT2D eigenvalue weighted by Gasteiger charge is 2.15. The highest BCUT2D eigenvalue weighted by Crippen LogP contribution is 2.30. The Morgan fingerprint density at radius 3 is 2.55 bits per heavy atom. The van der Waals surface area contributed by atoms with E-state index >= 15 is 0 Å². The Bertz CT molecular complexity index is 1110. The van der Waals surface area contributed by atoms with Gasteiger partial charge in [-0.15, -0.1) is 0 Å². The highest BCUT2D eigenvalue weighted by molar-refractivity contribution is 6.04. The molecular weight excluding hydrogens is 368 g/mol. The van der Waals surface area contributed by atoms with Gasteiger partial charge in [0.1, 0.15) is 5.75 Å². The number of benzene rings is 2. The van der Waals surface area contributed by atoms with Crippen molar-refractivity contribution in [2.75, 3.05) is 11.9 Å². The summed E-state index contributed by atoms with van der Waals surface area (Å²) in [7, 11) is 0. The zero-order valence-corrected chi connectivity index (χ0v) is 15.7. The normalized spacial score (nSPS) is 10.5. The summed E-state index contributed by atoms with van der Waals surface area (Å²) >= 11 is 0. The van der Waals surface area contributed by atoms with E-state index in [1.807, 2.05) is 43.3 Å². The van der Waals surface area contributed by atoms with Gasteiger partial charge in [0.05, 0.1) is 12.2 Å².